The van der Waals surface area contributed by atoms with Gasteiger partial charge in [0.15, 0.2) is 0 Å². The molecule has 2 amide bonds. The Balaban J connectivity index is 0.00000192. The number of nitrogens with zero attached hydrogens (tertiary/aromatic N) is 2. The van der Waals surface area contributed by atoms with Crippen LogP contribution in [0.5, 0.6) is 0 Å². The number of rotatable bonds is 1. The van der Waals surface area contributed by atoms with Crippen LogP contribution < -0.4 is 10.9 Å². The first-order valence-electron chi connectivity index (χ1n) is 7.18. The van der Waals surface area contributed by atoms with E-state index < -0.39 is 11.4 Å². The predicted molar refractivity (Wildman–Crippen MR) is 83.6 cm³/mol. The Labute approximate surface area is 128 Å². The number of piperidine rings is 1. The summed E-state index contributed by atoms with van der Waals surface area (Å²) in [7, 11) is 0. The van der Waals surface area contributed by atoms with Crippen LogP contribution in [0.1, 0.15) is 32.6 Å². The zero-order valence-electron chi connectivity index (χ0n) is 12.8. The molecule has 6 nitrogen and oxygen atoms in total. The van der Waals surface area contributed by atoms with Crippen LogP contribution in [0.3, 0.4) is 0 Å². The topological polar surface area (TPSA) is 81.1 Å². The number of aryl methyl sites for hydroxylation is 2. The Hall–Kier alpha value is -2.50. The molecule has 1 saturated heterocycles. The van der Waals surface area contributed by atoms with E-state index in [2.05, 4.69) is 10.3 Å². The van der Waals surface area contributed by atoms with Gasteiger partial charge in [0.2, 0.25) is 5.91 Å². The molecule has 0 spiro atoms. The second kappa shape index (κ2) is 4.76. The average Bonchev–Trinajstić information content (AvgIpc) is 2.43. The molecular formula is C16H19N3O3. The molecule has 0 unspecified atom stereocenters. The van der Waals surface area contributed by atoms with Gasteiger partial charge in [-0.05, 0) is 38.8 Å². The molecule has 0 saturated carbocycles. The zero-order chi connectivity index (χ0) is 16.1. The quantitative estimate of drug-likeness (QED) is 0.808. The highest BCUT2D eigenvalue weighted by molar-refractivity contribution is 6.01. The van der Waals surface area contributed by atoms with Crippen molar-refractivity contribution in [3.63, 3.8) is 0 Å². The SMILES string of the molecule is Cc1cccc2nc(C)n([C@@]3(C)CCC(=O)NC3=O)c(=O)c12.[HH]. The normalized spacial score (nSPS) is 22.0. The zero-order valence-corrected chi connectivity index (χ0v) is 12.8. The van der Waals surface area contributed by atoms with Crippen molar-refractivity contribution in [1.29, 1.82) is 0 Å². The second-order valence-corrected chi connectivity index (χ2v) is 5.92. The summed E-state index contributed by atoms with van der Waals surface area (Å²) < 4.78 is 1.42. The first-order valence-corrected chi connectivity index (χ1v) is 7.18. The van der Waals surface area contributed by atoms with Crippen LogP contribution in [0.15, 0.2) is 23.0 Å². The summed E-state index contributed by atoms with van der Waals surface area (Å²) in [6.45, 7) is 5.23. The molecule has 0 radical (unpaired) electrons. The van der Waals surface area contributed by atoms with Crippen LogP contribution in [-0.4, -0.2) is 21.4 Å². The lowest BCUT2D eigenvalue weighted by molar-refractivity contribution is -0.140. The van der Waals surface area contributed by atoms with Crippen LogP contribution in [0.2, 0.25) is 0 Å². The van der Waals surface area contributed by atoms with Gasteiger partial charge >= 0.3 is 0 Å². The molecule has 2 heterocycles. The molecule has 1 aliphatic rings. The van der Waals surface area contributed by atoms with E-state index >= 15 is 0 Å². The molecule has 22 heavy (non-hydrogen) atoms. The molecule has 1 N–H and O–H groups in total. The maximum atomic E-state index is 13.0. The third kappa shape index (κ3) is 1.94. The van der Waals surface area contributed by atoms with E-state index in [9.17, 15) is 14.4 Å². The fourth-order valence-electron chi connectivity index (χ4n) is 3.10. The summed E-state index contributed by atoms with van der Waals surface area (Å²) in [6, 6.07) is 5.48. The maximum absolute atomic E-state index is 13.0. The van der Waals surface area contributed by atoms with E-state index in [0.29, 0.717) is 16.7 Å². The maximum Gasteiger partial charge on any atom is 0.262 e. The lowest BCUT2D eigenvalue weighted by atomic mass is 9.90. The number of hydrogen-bond donors (Lipinski definition) is 1. The average molecular weight is 301 g/mol. The summed E-state index contributed by atoms with van der Waals surface area (Å²) in [6.07, 6.45) is 0.497. The highest BCUT2D eigenvalue weighted by Crippen LogP contribution is 2.27. The molecule has 0 aliphatic carbocycles. The van der Waals surface area contributed by atoms with Crippen LogP contribution in [0.25, 0.3) is 10.9 Å². The van der Waals surface area contributed by atoms with Crippen molar-refractivity contribution in [3.8, 4) is 0 Å². The number of carbonyl (C=O) groups excluding carboxylic acids is 2. The Morgan fingerprint density at radius 3 is 2.68 bits per heavy atom. The number of hydrogen-bond acceptors (Lipinski definition) is 4. The molecule has 2 aromatic rings. The van der Waals surface area contributed by atoms with E-state index in [-0.39, 0.29) is 25.7 Å². The molecule has 1 aromatic carbocycles. The number of nitrogens with one attached hydrogen (secondary N) is 1. The molecule has 6 heteroatoms. The smallest absolute Gasteiger partial charge is 0.262 e. The number of fused-ring (bicyclic) bond motifs is 1. The van der Waals surface area contributed by atoms with Crippen molar-refractivity contribution in [1.82, 2.24) is 14.9 Å². The Bertz CT molecular complexity index is 875. The van der Waals surface area contributed by atoms with Crippen molar-refractivity contribution in [2.45, 2.75) is 39.2 Å². The molecule has 1 fully saturated rings. The third-order valence-corrected chi connectivity index (χ3v) is 4.35. The predicted octanol–water partition coefficient (Wildman–Crippen LogP) is 1.41. The number of carbonyl (C=O) groups is 2. The fraction of sp³-hybridized carbons (Fsp3) is 0.375. The Morgan fingerprint density at radius 2 is 2.00 bits per heavy atom. The summed E-state index contributed by atoms with van der Waals surface area (Å²) >= 11 is 0. The highest BCUT2D eigenvalue weighted by Gasteiger charge is 2.42. The van der Waals surface area contributed by atoms with Gasteiger partial charge in [0.25, 0.3) is 11.5 Å². The molecule has 1 aliphatic heterocycles. The first kappa shape index (κ1) is 14.4. The molecule has 0 bridgehead atoms. The van der Waals surface area contributed by atoms with Crippen LogP contribution >= 0.6 is 0 Å². The van der Waals surface area contributed by atoms with Crippen molar-refractivity contribution in [2.24, 2.45) is 0 Å². The summed E-state index contributed by atoms with van der Waals surface area (Å²) in [5.41, 5.74) is 0.0975. The number of amides is 2. The monoisotopic (exact) mass is 301 g/mol. The van der Waals surface area contributed by atoms with Crippen molar-refractivity contribution >= 4 is 22.7 Å². The summed E-state index contributed by atoms with van der Waals surface area (Å²) in [5, 5.41) is 2.83. The Kier molecular flexibility index (Phi) is 3.12. The lowest BCUT2D eigenvalue weighted by Crippen LogP contribution is -2.56. The van der Waals surface area contributed by atoms with Gasteiger partial charge in [-0.15, -0.1) is 0 Å². The second-order valence-electron chi connectivity index (χ2n) is 5.92. The standard InChI is InChI=1S/C16H17N3O3.H2/c1-9-5-4-6-11-13(9)14(21)19(10(2)17-11)16(3)8-7-12(20)18-15(16)22;/h4-6H,7-8H2,1-3H3,(H,18,20,22);1H/t16-;/m0./s1. The first-order chi connectivity index (χ1) is 10.3. The summed E-state index contributed by atoms with van der Waals surface area (Å²) in [4.78, 5) is 41.2. The largest absolute Gasteiger partial charge is 0.294 e. The number of aromatic nitrogens is 2. The fourth-order valence-corrected chi connectivity index (χ4v) is 3.10. The van der Waals surface area contributed by atoms with E-state index in [1.807, 2.05) is 19.1 Å². The minimum absolute atomic E-state index is 0. The van der Waals surface area contributed by atoms with Crippen LogP contribution in [0, 0.1) is 13.8 Å². The van der Waals surface area contributed by atoms with Crippen molar-refractivity contribution in [3.05, 3.63) is 39.9 Å². The molecule has 1 atom stereocenters. The number of benzene rings is 1. The minimum Gasteiger partial charge on any atom is -0.294 e. The van der Waals surface area contributed by atoms with Gasteiger partial charge < -0.3 is 0 Å². The molecule has 1 aromatic heterocycles. The molecular weight excluding hydrogens is 282 g/mol. The van der Waals surface area contributed by atoms with Crippen molar-refractivity contribution < 1.29 is 11.0 Å². The lowest BCUT2D eigenvalue weighted by Gasteiger charge is -2.34. The van der Waals surface area contributed by atoms with Crippen LogP contribution in [-0.2, 0) is 15.1 Å². The minimum atomic E-state index is -1.10. The van der Waals surface area contributed by atoms with Crippen molar-refractivity contribution in [2.75, 3.05) is 0 Å². The molecule has 3 rings (SSSR count). The van der Waals surface area contributed by atoms with Gasteiger partial charge in [-0.25, -0.2) is 4.98 Å². The van der Waals surface area contributed by atoms with E-state index in [1.54, 1.807) is 19.9 Å². The van der Waals surface area contributed by atoms with E-state index in [0.717, 1.165) is 5.56 Å². The van der Waals surface area contributed by atoms with E-state index in [1.165, 1.54) is 4.57 Å². The van der Waals surface area contributed by atoms with Crippen LogP contribution in [0.4, 0.5) is 0 Å². The third-order valence-electron chi connectivity index (χ3n) is 4.35. The highest BCUT2D eigenvalue weighted by atomic mass is 16.2. The van der Waals surface area contributed by atoms with Gasteiger partial charge in [-0.3, -0.25) is 24.3 Å². The Morgan fingerprint density at radius 1 is 1.27 bits per heavy atom. The summed E-state index contributed by atoms with van der Waals surface area (Å²) in [5.74, 6) is -0.295. The van der Waals surface area contributed by atoms with Gasteiger partial charge in [0.1, 0.15) is 11.4 Å². The van der Waals surface area contributed by atoms with E-state index in [4.69, 9.17) is 0 Å². The molecule has 116 valence electrons. The van der Waals surface area contributed by atoms with Gasteiger partial charge in [-0.1, -0.05) is 12.1 Å². The van der Waals surface area contributed by atoms with Gasteiger partial charge in [0, 0.05) is 7.85 Å². The van der Waals surface area contributed by atoms with Gasteiger partial charge in [-0.2, -0.15) is 0 Å². The van der Waals surface area contributed by atoms with Gasteiger partial charge in [0.05, 0.1) is 10.9 Å². The number of imide groups is 1.